The molecule has 2 amide bonds. The monoisotopic (exact) mass is 302 g/mol. The SMILES string of the molecule is O=CN1CCN(C(=O)c2ccc(Cl)cc2Cl)C1=S. The van der Waals surface area contributed by atoms with Gasteiger partial charge >= 0.3 is 0 Å². The molecular weight excluding hydrogens is 295 g/mol. The average molecular weight is 303 g/mol. The Bertz CT molecular complexity index is 536. The number of hydrogen-bond acceptors (Lipinski definition) is 3. The molecule has 0 unspecified atom stereocenters. The molecule has 2 rings (SSSR count). The van der Waals surface area contributed by atoms with Crippen molar-refractivity contribution >= 4 is 52.8 Å². The second kappa shape index (κ2) is 5.22. The van der Waals surface area contributed by atoms with Gasteiger partial charge in [0.05, 0.1) is 10.6 Å². The van der Waals surface area contributed by atoms with Crippen molar-refractivity contribution < 1.29 is 9.59 Å². The van der Waals surface area contributed by atoms with Gasteiger partial charge < -0.3 is 0 Å². The molecule has 1 aromatic carbocycles. The molecule has 0 aliphatic carbocycles. The van der Waals surface area contributed by atoms with Gasteiger partial charge in [0.25, 0.3) is 5.91 Å². The largest absolute Gasteiger partial charge is 0.290 e. The third-order valence-electron chi connectivity index (χ3n) is 2.58. The van der Waals surface area contributed by atoms with E-state index in [4.69, 9.17) is 35.4 Å². The van der Waals surface area contributed by atoms with Crippen LogP contribution in [-0.2, 0) is 4.79 Å². The lowest BCUT2D eigenvalue weighted by Gasteiger charge is -2.17. The normalized spacial score (nSPS) is 15.1. The van der Waals surface area contributed by atoms with Gasteiger partial charge in [-0.2, -0.15) is 0 Å². The Balaban J connectivity index is 2.27. The lowest BCUT2D eigenvalue weighted by Crippen LogP contribution is -2.35. The molecule has 94 valence electrons. The molecule has 0 radical (unpaired) electrons. The predicted molar refractivity (Wildman–Crippen MR) is 72.9 cm³/mol. The van der Waals surface area contributed by atoms with Crippen LogP contribution in [0.5, 0.6) is 0 Å². The molecule has 0 atom stereocenters. The first-order chi connectivity index (χ1) is 8.54. The minimum absolute atomic E-state index is 0.195. The fraction of sp³-hybridized carbons (Fsp3) is 0.182. The molecule has 18 heavy (non-hydrogen) atoms. The first-order valence-electron chi connectivity index (χ1n) is 5.07. The van der Waals surface area contributed by atoms with Crippen molar-refractivity contribution in [1.29, 1.82) is 0 Å². The Labute approximate surface area is 119 Å². The molecule has 1 aliphatic heterocycles. The van der Waals surface area contributed by atoms with Crippen molar-refractivity contribution in [2.24, 2.45) is 0 Å². The van der Waals surface area contributed by atoms with Gasteiger partial charge in [0, 0.05) is 18.1 Å². The van der Waals surface area contributed by atoms with E-state index in [0.29, 0.717) is 30.1 Å². The summed E-state index contributed by atoms with van der Waals surface area (Å²) in [6.45, 7) is 0.772. The second-order valence-corrected chi connectivity index (χ2v) is 4.87. The Hall–Kier alpha value is -1.17. The third-order valence-corrected chi connectivity index (χ3v) is 3.58. The van der Waals surface area contributed by atoms with Crippen molar-refractivity contribution in [3.8, 4) is 0 Å². The van der Waals surface area contributed by atoms with E-state index in [2.05, 4.69) is 0 Å². The molecule has 0 aromatic heterocycles. The van der Waals surface area contributed by atoms with E-state index in [9.17, 15) is 9.59 Å². The van der Waals surface area contributed by atoms with Crippen LogP contribution in [0.15, 0.2) is 18.2 Å². The number of carbonyl (C=O) groups is 2. The number of halogens is 2. The van der Waals surface area contributed by atoms with Gasteiger partial charge in [0.1, 0.15) is 0 Å². The van der Waals surface area contributed by atoms with Crippen LogP contribution in [0.1, 0.15) is 10.4 Å². The molecule has 0 bridgehead atoms. The Morgan fingerprint density at radius 3 is 2.61 bits per heavy atom. The van der Waals surface area contributed by atoms with E-state index in [1.54, 1.807) is 12.1 Å². The van der Waals surface area contributed by atoms with Crippen LogP contribution in [0.2, 0.25) is 10.0 Å². The minimum Gasteiger partial charge on any atom is -0.290 e. The maximum Gasteiger partial charge on any atom is 0.261 e. The van der Waals surface area contributed by atoms with Crippen LogP contribution in [0.3, 0.4) is 0 Å². The number of amides is 2. The molecule has 1 heterocycles. The van der Waals surface area contributed by atoms with Crippen LogP contribution in [0.25, 0.3) is 0 Å². The standard InChI is InChI=1S/C11H8Cl2N2O2S/c12-7-1-2-8(9(13)5-7)10(17)15-4-3-14(6-16)11(15)18/h1-2,5-6H,3-4H2. The highest BCUT2D eigenvalue weighted by Gasteiger charge is 2.30. The Morgan fingerprint density at radius 1 is 1.33 bits per heavy atom. The van der Waals surface area contributed by atoms with E-state index in [1.165, 1.54) is 15.9 Å². The van der Waals surface area contributed by atoms with E-state index < -0.39 is 0 Å². The number of hydrogen-bond donors (Lipinski definition) is 0. The van der Waals surface area contributed by atoms with Gasteiger partial charge in [-0.05, 0) is 30.4 Å². The van der Waals surface area contributed by atoms with Crippen LogP contribution in [0.4, 0.5) is 0 Å². The molecule has 0 saturated carbocycles. The van der Waals surface area contributed by atoms with Crippen molar-refractivity contribution in [2.45, 2.75) is 0 Å². The molecule has 1 aliphatic rings. The molecule has 0 spiro atoms. The maximum atomic E-state index is 12.2. The summed E-state index contributed by atoms with van der Waals surface area (Å²) in [4.78, 5) is 25.6. The lowest BCUT2D eigenvalue weighted by atomic mass is 10.2. The zero-order chi connectivity index (χ0) is 13.3. The third kappa shape index (κ3) is 2.34. The molecule has 0 N–H and O–H groups in total. The van der Waals surface area contributed by atoms with Crippen LogP contribution in [0, 0.1) is 0 Å². The fourth-order valence-electron chi connectivity index (χ4n) is 1.65. The summed E-state index contributed by atoms with van der Waals surface area (Å²) in [6, 6.07) is 4.61. The smallest absolute Gasteiger partial charge is 0.261 e. The number of benzene rings is 1. The van der Waals surface area contributed by atoms with Crippen LogP contribution >= 0.6 is 35.4 Å². The predicted octanol–water partition coefficient (Wildman–Crippen LogP) is 2.19. The zero-order valence-corrected chi connectivity index (χ0v) is 11.4. The van der Waals surface area contributed by atoms with E-state index in [0.717, 1.165) is 0 Å². The van der Waals surface area contributed by atoms with E-state index in [1.807, 2.05) is 0 Å². The Kier molecular flexibility index (Phi) is 3.85. The summed E-state index contributed by atoms with van der Waals surface area (Å²) in [5.41, 5.74) is 0.316. The number of rotatable bonds is 2. The first kappa shape index (κ1) is 13.3. The Morgan fingerprint density at radius 2 is 2.06 bits per heavy atom. The van der Waals surface area contributed by atoms with Crippen LogP contribution < -0.4 is 0 Å². The summed E-state index contributed by atoms with van der Waals surface area (Å²) in [7, 11) is 0. The van der Waals surface area contributed by atoms with Gasteiger partial charge in [-0.25, -0.2) is 0 Å². The number of nitrogens with zero attached hydrogens (tertiary/aromatic N) is 2. The van der Waals surface area contributed by atoms with Crippen LogP contribution in [-0.4, -0.2) is 40.3 Å². The highest BCUT2D eigenvalue weighted by molar-refractivity contribution is 7.80. The first-order valence-corrected chi connectivity index (χ1v) is 6.24. The zero-order valence-electron chi connectivity index (χ0n) is 9.10. The lowest BCUT2D eigenvalue weighted by molar-refractivity contribution is -0.114. The minimum atomic E-state index is -0.328. The molecule has 1 aromatic rings. The summed E-state index contributed by atoms with van der Waals surface area (Å²) in [5.74, 6) is -0.328. The quantitative estimate of drug-likeness (QED) is 0.621. The molecule has 7 heteroatoms. The van der Waals surface area contributed by atoms with Gasteiger partial charge in [-0.1, -0.05) is 23.2 Å². The molecular formula is C11H8Cl2N2O2S. The van der Waals surface area contributed by atoms with Gasteiger partial charge in [0.15, 0.2) is 5.11 Å². The topological polar surface area (TPSA) is 40.6 Å². The second-order valence-electron chi connectivity index (χ2n) is 3.66. The molecule has 4 nitrogen and oxygen atoms in total. The van der Waals surface area contributed by atoms with E-state index >= 15 is 0 Å². The van der Waals surface area contributed by atoms with Crippen molar-refractivity contribution in [3.05, 3.63) is 33.8 Å². The highest BCUT2D eigenvalue weighted by Crippen LogP contribution is 2.23. The summed E-state index contributed by atoms with van der Waals surface area (Å²) in [6.07, 6.45) is 0.610. The van der Waals surface area contributed by atoms with Crippen molar-refractivity contribution in [2.75, 3.05) is 13.1 Å². The van der Waals surface area contributed by atoms with Gasteiger partial charge in [-0.3, -0.25) is 19.4 Å². The highest BCUT2D eigenvalue weighted by atomic mass is 35.5. The summed E-state index contributed by atoms with van der Waals surface area (Å²) >= 11 is 16.8. The number of thiocarbonyl (C=S) groups is 1. The van der Waals surface area contributed by atoms with Gasteiger partial charge in [0.2, 0.25) is 6.41 Å². The van der Waals surface area contributed by atoms with E-state index in [-0.39, 0.29) is 16.0 Å². The maximum absolute atomic E-state index is 12.2. The molecule has 1 saturated heterocycles. The fourth-order valence-corrected chi connectivity index (χ4v) is 2.45. The summed E-state index contributed by atoms with van der Waals surface area (Å²) in [5, 5.41) is 0.913. The molecule has 1 fully saturated rings. The van der Waals surface area contributed by atoms with Crippen molar-refractivity contribution in [3.63, 3.8) is 0 Å². The average Bonchev–Trinajstić information content (AvgIpc) is 2.69. The van der Waals surface area contributed by atoms with Gasteiger partial charge in [-0.15, -0.1) is 0 Å². The number of carbonyl (C=O) groups excluding carboxylic acids is 2. The van der Waals surface area contributed by atoms with Crippen molar-refractivity contribution in [1.82, 2.24) is 9.80 Å². The summed E-state index contributed by atoms with van der Waals surface area (Å²) < 4.78 is 0.